The highest BCUT2D eigenvalue weighted by molar-refractivity contribution is 14.0. The zero-order valence-electron chi connectivity index (χ0n) is 16.6. The van der Waals surface area contributed by atoms with Gasteiger partial charge in [0.2, 0.25) is 0 Å². The second-order valence-electron chi connectivity index (χ2n) is 7.90. The summed E-state index contributed by atoms with van der Waals surface area (Å²) in [7, 11) is -1.18. The van der Waals surface area contributed by atoms with Crippen LogP contribution >= 0.6 is 24.0 Å². The minimum atomic E-state index is -2.92. The molecule has 25 heavy (non-hydrogen) atoms. The zero-order valence-corrected chi connectivity index (χ0v) is 19.8. The lowest BCUT2D eigenvalue weighted by Crippen LogP contribution is -2.56. The molecule has 1 fully saturated rings. The summed E-state index contributed by atoms with van der Waals surface area (Å²) in [5.74, 6) is 1.68. The van der Waals surface area contributed by atoms with Crippen LogP contribution in [0.1, 0.15) is 47.0 Å². The van der Waals surface area contributed by atoms with Crippen LogP contribution in [0.4, 0.5) is 0 Å². The number of sulfone groups is 1. The van der Waals surface area contributed by atoms with Gasteiger partial charge < -0.3 is 10.6 Å². The molecule has 0 bridgehead atoms. The molecule has 0 aromatic heterocycles. The Bertz CT molecular complexity index is 523. The van der Waals surface area contributed by atoms with Gasteiger partial charge in [-0.1, -0.05) is 6.92 Å². The normalized spacial score (nSPS) is 21.4. The topological polar surface area (TPSA) is 73.8 Å². The van der Waals surface area contributed by atoms with Crippen molar-refractivity contribution in [1.29, 1.82) is 0 Å². The van der Waals surface area contributed by atoms with Crippen LogP contribution in [-0.2, 0) is 9.84 Å². The molecule has 0 aromatic rings. The Kier molecular flexibility index (Phi) is 10.9. The molecule has 2 N–H and O–H groups in total. The molecule has 150 valence electrons. The predicted octanol–water partition coefficient (Wildman–Crippen LogP) is 2.10. The van der Waals surface area contributed by atoms with E-state index in [9.17, 15) is 8.42 Å². The van der Waals surface area contributed by atoms with E-state index in [1.807, 2.05) is 6.92 Å². The van der Waals surface area contributed by atoms with E-state index < -0.39 is 9.84 Å². The summed E-state index contributed by atoms with van der Waals surface area (Å²) in [4.78, 5) is 6.81. The fraction of sp³-hybridized carbons (Fsp3) is 0.941. The lowest BCUT2D eigenvalue weighted by molar-refractivity contribution is 0.0739. The summed E-state index contributed by atoms with van der Waals surface area (Å²) in [6.07, 6.45) is 4.43. The summed E-state index contributed by atoms with van der Waals surface area (Å²) in [6, 6.07) is 0.0593. The lowest BCUT2D eigenvalue weighted by Gasteiger charge is -2.43. The van der Waals surface area contributed by atoms with Gasteiger partial charge in [-0.15, -0.1) is 24.0 Å². The Morgan fingerprint density at radius 3 is 2.56 bits per heavy atom. The van der Waals surface area contributed by atoms with E-state index in [2.05, 4.69) is 41.3 Å². The van der Waals surface area contributed by atoms with Crippen molar-refractivity contribution in [1.82, 2.24) is 15.5 Å². The van der Waals surface area contributed by atoms with Gasteiger partial charge in [-0.2, -0.15) is 0 Å². The van der Waals surface area contributed by atoms with Gasteiger partial charge in [-0.3, -0.25) is 9.89 Å². The number of guanidine groups is 1. The quantitative estimate of drug-likeness (QED) is 0.326. The summed E-state index contributed by atoms with van der Waals surface area (Å²) in [5.41, 5.74) is 0.0578. The molecular weight excluding hydrogens is 451 g/mol. The maximum Gasteiger partial charge on any atom is 0.191 e. The van der Waals surface area contributed by atoms with E-state index in [0.717, 1.165) is 31.5 Å². The van der Waals surface area contributed by atoms with Crippen LogP contribution < -0.4 is 10.6 Å². The van der Waals surface area contributed by atoms with Crippen molar-refractivity contribution in [3.8, 4) is 0 Å². The van der Waals surface area contributed by atoms with Gasteiger partial charge in [0.25, 0.3) is 0 Å². The highest BCUT2D eigenvalue weighted by Crippen LogP contribution is 2.23. The molecule has 8 heteroatoms. The highest BCUT2D eigenvalue weighted by atomic mass is 127. The molecule has 0 saturated carbocycles. The molecule has 1 saturated heterocycles. The standard InChI is InChI=1S/C17H36N4O2S.HI/c1-14-8-7-10-21(12-14)17(3,4)13-19-16(18-5)20-15(2)9-11-24(6,22)23;/h14-15H,7-13H2,1-6H3,(H2,18,19,20);1H. The maximum absolute atomic E-state index is 11.3. The molecule has 1 aliphatic heterocycles. The first kappa shape index (κ1) is 24.9. The average molecular weight is 488 g/mol. The number of nitrogens with one attached hydrogen (secondary N) is 2. The van der Waals surface area contributed by atoms with E-state index in [0.29, 0.717) is 6.42 Å². The van der Waals surface area contributed by atoms with E-state index in [4.69, 9.17) is 0 Å². The van der Waals surface area contributed by atoms with E-state index in [1.54, 1.807) is 7.05 Å². The van der Waals surface area contributed by atoms with Gasteiger partial charge in [0, 0.05) is 38.0 Å². The zero-order chi connectivity index (χ0) is 18.4. The Labute approximate surface area is 171 Å². The third-order valence-electron chi connectivity index (χ3n) is 4.73. The molecule has 0 amide bonds. The molecule has 6 nitrogen and oxygen atoms in total. The van der Waals surface area contributed by atoms with Crippen LogP contribution in [0.3, 0.4) is 0 Å². The number of piperidine rings is 1. The van der Waals surface area contributed by atoms with Crippen molar-refractivity contribution in [2.75, 3.05) is 38.7 Å². The van der Waals surface area contributed by atoms with Crippen LogP contribution in [-0.4, -0.2) is 69.5 Å². The van der Waals surface area contributed by atoms with E-state index >= 15 is 0 Å². The first-order chi connectivity index (χ1) is 11.0. The summed E-state index contributed by atoms with van der Waals surface area (Å²) in [6.45, 7) is 11.9. The minimum Gasteiger partial charge on any atom is -0.355 e. The minimum absolute atomic E-state index is 0. The van der Waals surface area contributed by atoms with Crippen LogP contribution in [0, 0.1) is 5.92 Å². The van der Waals surface area contributed by atoms with Crippen LogP contribution in [0.15, 0.2) is 4.99 Å². The molecule has 1 rings (SSSR count). The second kappa shape index (κ2) is 10.9. The third kappa shape index (κ3) is 9.98. The SMILES string of the molecule is CN=C(NCC(C)(C)N1CCCC(C)C1)NC(C)CCS(C)(=O)=O.I. The maximum atomic E-state index is 11.3. The Balaban J connectivity index is 0.00000576. The number of rotatable bonds is 7. The van der Waals surface area contributed by atoms with Crippen molar-refractivity contribution in [3.63, 3.8) is 0 Å². The van der Waals surface area contributed by atoms with Crippen molar-refractivity contribution < 1.29 is 8.42 Å². The molecule has 2 unspecified atom stereocenters. The van der Waals surface area contributed by atoms with Gasteiger partial charge in [-0.05, 0) is 52.5 Å². The smallest absolute Gasteiger partial charge is 0.191 e. The number of aliphatic imine (C=N–C) groups is 1. The Morgan fingerprint density at radius 1 is 1.40 bits per heavy atom. The molecule has 1 aliphatic rings. The number of halogens is 1. The molecule has 2 atom stereocenters. The van der Waals surface area contributed by atoms with Gasteiger partial charge in [0.05, 0.1) is 5.75 Å². The third-order valence-corrected chi connectivity index (χ3v) is 5.71. The first-order valence-corrected chi connectivity index (χ1v) is 11.0. The van der Waals surface area contributed by atoms with Crippen molar-refractivity contribution in [2.45, 2.75) is 58.5 Å². The van der Waals surface area contributed by atoms with Crippen molar-refractivity contribution in [3.05, 3.63) is 0 Å². The molecule has 0 radical (unpaired) electrons. The monoisotopic (exact) mass is 488 g/mol. The predicted molar refractivity (Wildman–Crippen MR) is 118 cm³/mol. The fourth-order valence-corrected chi connectivity index (χ4v) is 3.82. The average Bonchev–Trinajstić information content (AvgIpc) is 2.48. The number of hydrogen-bond donors (Lipinski definition) is 2. The number of hydrogen-bond acceptors (Lipinski definition) is 4. The van der Waals surface area contributed by atoms with Gasteiger partial charge in [0.15, 0.2) is 5.96 Å². The summed E-state index contributed by atoms with van der Waals surface area (Å²) >= 11 is 0. The van der Waals surface area contributed by atoms with E-state index in [1.165, 1.54) is 19.1 Å². The molecule has 1 heterocycles. The van der Waals surface area contributed by atoms with Crippen molar-refractivity contribution >= 4 is 39.8 Å². The van der Waals surface area contributed by atoms with Crippen molar-refractivity contribution in [2.24, 2.45) is 10.9 Å². The molecule has 0 aromatic carbocycles. The summed E-state index contributed by atoms with van der Waals surface area (Å²) in [5, 5.41) is 6.68. The molecule has 0 spiro atoms. The van der Waals surface area contributed by atoms with Crippen LogP contribution in [0.25, 0.3) is 0 Å². The largest absolute Gasteiger partial charge is 0.355 e. The fourth-order valence-electron chi connectivity index (χ4n) is 3.04. The highest BCUT2D eigenvalue weighted by Gasteiger charge is 2.30. The van der Waals surface area contributed by atoms with E-state index in [-0.39, 0.29) is 41.3 Å². The van der Waals surface area contributed by atoms with Gasteiger partial charge in [0.1, 0.15) is 9.84 Å². The van der Waals surface area contributed by atoms with Crippen LogP contribution in [0.2, 0.25) is 0 Å². The molecule has 0 aliphatic carbocycles. The van der Waals surface area contributed by atoms with Crippen LogP contribution in [0.5, 0.6) is 0 Å². The Hall–Kier alpha value is -0.0900. The Morgan fingerprint density at radius 2 is 2.04 bits per heavy atom. The lowest BCUT2D eigenvalue weighted by atomic mass is 9.93. The van der Waals surface area contributed by atoms with Gasteiger partial charge >= 0.3 is 0 Å². The number of likely N-dealkylation sites (tertiary alicyclic amines) is 1. The second-order valence-corrected chi connectivity index (χ2v) is 10.2. The van der Waals surface area contributed by atoms with Gasteiger partial charge in [-0.25, -0.2) is 8.42 Å². The summed E-state index contributed by atoms with van der Waals surface area (Å²) < 4.78 is 22.5. The molecular formula is C17H37IN4O2S. The first-order valence-electron chi connectivity index (χ1n) is 8.93. The number of nitrogens with zero attached hydrogens (tertiary/aromatic N) is 2.